The van der Waals surface area contributed by atoms with Crippen LogP contribution in [-0.4, -0.2) is 18.3 Å². The van der Waals surface area contributed by atoms with Crippen molar-refractivity contribution in [2.75, 3.05) is 7.11 Å². The Morgan fingerprint density at radius 2 is 1.95 bits per heavy atom. The average Bonchev–Trinajstić information content (AvgIpc) is 2.85. The molecular weight excluding hydrogens is 268 g/mol. The number of hydrogen-bond donors (Lipinski definition) is 0. The standard InChI is InChI=1S/C16H14N2OS/c1-11-18-15-9-13(5-8-16(15)20-11)17-10-12-3-6-14(19-2)7-4-12/h3-10H,1-2H3. The van der Waals surface area contributed by atoms with Gasteiger partial charge >= 0.3 is 0 Å². The number of hydrogen-bond acceptors (Lipinski definition) is 4. The lowest BCUT2D eigenvalue weighted by atomic mass is 10.2. The van der Waals surface area contributed by atoms with Crippen LogP contribution in [0.25, 0.3) is 10.2 Å². The van der Waals surface area contributed by atoms with Gasteiger partial charge in [-0.2, -0.15) is 0 Å². The van der Waals surface area contributed by atoms with E-state index in [0.717, 1.165) is 27.5 Å². The van der Waals surface area contributed by atoms with Crippen LogP contribution < -0.4 is 4.74 Å². The van der Waals surface area contributed by atoms with Gasteiger partial charge in [0, 0.05) is 6.21 Å². The fourth-order valence-electron chi connectivity index (χ4n) is 1.95. The second-order valence-corrected chi connectivity index (χ2v) is 5.65. The maximum absolute atomic E-state index is 5.13. The number of ether oxygens (including phenoxy) is 1. The predicted octanol–water partition coefficient (Wildman–Crippen LogP) is 4.36. The number of aryl methyl sites for hydroxylation is 1. The van der Waals surface area contributed by atoms with Crippen molar-refractivity contribution in [2.45, 2.75) is 6.92 Å². The van der Waals surface area contributed by atoms with E-state index in [2.05, 4.69) is 16.0 Å². The first kappa shape index (κ1) is 12.8. The van der Waals surface area contributed by atoms with Crippen LogP contribution >= 0.6 is 11.3 Å². The van der Waals surface area contributed by atoms with E-state index in [0.29, 0.717) is 0 Å². The molecule has 0 saturated carbocycles. The zero-order chi connectivity index (χ0) is 13.9. The fourth-order valence-corrected chi connectivity index (χ4v) is 2.76. The topological polar surface area (TPSA) is 34.5 Å². The Hall–Kier alpha value is -2.20. The minimum Gasteiger partial charge on any atom is -0.497 e. The molecule has 3 nitrogen and oxygen atoms in total. The predicted molar refractivity (Wildman–Crippen MR) is 84.6 cm³/mol. The second-order valence-electron chi connectivity index (χ2n) is 4.42. The highest BCUT2D eigenvalue weighted by atomic mass is 32.1. The minimum atomic E-state index is 0.849. The van der Waals surface area contributed by atoms with Gasteiger partial charge in [-0.25, -0.2) is 4.98 Å². The molecule has 0 spiro atoms. The molecule has 0 bridgehead atoms. The molecule has 0 aliphatic rings. The van der Waals surface area contributed by atoms with Crippen molar-refractivity contribution >= 4 is 33.5 Å². The summed E-state index contributed by atoms with van der Waals surface area (Å²) in [7, 11) is 1.66. The molecule has 0 N–H and O–H groups in total. The van der Waals surface area contributed by atoms with Crippen molar-refractivity contribution in [3.8, 4) is 5.75 Å². The first-order chi connectivity index (χ1) is 9.74. The summed E-state index contributed by atoms with van der Waals surface area (Å²) in [5.74, 6) is 0.849. The number of fused-ring (bicyclic) bond motifs is 1. The van der Waals surface area contributed by atoms with Crippen LogP contribution in [0.5, 0.6) is 5.75 Å². The maximum Gasteiger partial charge on any atom is 0.118 e. The van der Waals surface area contributed by atoms with Gasteiger partial charge in [0.15, 0.2) is 0 Å². The molecule has 0 atom stereocenters. The number of aromatic nitrogens is 1. The van der Waals surface area contributed by atoms with Crippen molar-refractivity contribution in [2.24, 2.45) is 4.99 Å². The average molecular weight is 282 g/mol. The zero-order valence-electron chi connectivity index (χ0n) is 11.3. The number of aliphatic imine (C=N–C) groups is 1. The second kappa shape index (κ2) is 5.43. The zero-order valence-corrected chi connectivity index (χ0v) is 12.1. The Kier molecular flexibility index (Phi) is 3.48. The van der Waals surface area contributed by atoms with E-state index >= 15 is 0 Å². The van der Waals surface area contributed by atoms with E-state index in [-0.39, 0.29) is 0 Å². The monoisotopic (exact) mass is 282 g/mol. The molecule has 4 heteroatoms. The van der Waals surface area contributed by atoms with Crippen molar-refractivity contribution in [3.63, 3.8) is 0 Å². The quantitative estimate of drug-likeness (QED) is 0.669. The summed E-state index contributed by atoms with van der Waals surface area (Å²) in [6.07, 6.45) is 1.85. The lowest BCUT2D eigenvalue weighted by Gasteiger charge is -1.99. The number of benzene rings is 2. The summed E-state index contributed by atoms with van der Waals surface area (Å²) in [6, 6.07) is 13.9. The molecule has 1 heterocycles. The third kappa shape index (κ3) is 2.70. The molecule has 0 aliphatic carbocycles. The van der Waals surface area contributed by atoms with Gasteiger partial charge in [-0.3, -0.25) is 4.99 Å². The van der Waals surface area contributed by atoms with E-state index in [1.807, 2.05) is 49.5 Å². The van der Waals surface area contributed by atoms with Crippen LogP contribution in [0.15, 0.2) is 47.5 Å². The molecule has 0 amide bonds. The van der Waals surface area contributed by atoms with Gasteiger partial charge in [-0.15, -0.1) is 11.3 Å². The van der Waals surface area contributed by atoms with Crippen molar-refractivity contribution in [1.82, 2.24) is 4.98 Å². The van der Waals surface area contributed by atoms with Crippen molar-refractivity contribution < 1.29 is 4.74 Å². The first-order valence-electron chi connectivity index (χ1n) is 6.30. The van der Waals surface area contributed by atoms with Crippen molar-refractivity contribution in [1.29, 1.82) is 0 Å². The van der Waals surface area contributed by atoms with Crippen LogP contribution in [0.4, 0.5) is 5.69 Å². The molecule has 2 aromatic carbocycles. The molecule has 20 heavy (non-hydrogen) atoms. The molecule has 3 rings (SSSR count). The smallest absolute Gasteiger partial charge is 0.118 e. The van der Waals surface area contributed by atoms with Crippen LogP contribution in [-0.2, 0) is 0 Å². The largest absolute Gasteiger partial charge is 0.497 e. The van der Waals surface area contributed by atoms with Crippen LogP contribution in [0, 0.1) is 6.92 Å². The number of thiazole rings is 1. The van der Waals surface area contributed by atoms with Crippen molar-refractivity contribution in [3.05, 3.63) is 53.0 Å². The van der Waals surface area contributed by atoms with Gasteiger partial charge in [0.2, 0.25) is 0 Å². The van der Waals surface area contributed by atoms with Gasteiger partial charge in [0.1, 0.15) is 5.75 Å². The SMILES string of the molecule is COc1ccc(C=Nc2ccc3sc(C)nc3c2)cc1. The minimum absolute atomic E-state index is 0.849. The molecule has 0 fully saturated rings. The van der Waals surface area contributed by atoms with Crippen LogP contribution in [0.1, 0.15) is 10.6 Å². The highest BCUT2D eigenvalue weighted by Gasteiger charge is 2.00. The van der Waals surface area contributed by atoms with Gasteiger partial charge in [0.25, 0.3) is 0 Å². The van der Waals surface area contributed by atoms with Gasteiger partial charge < -0.3 is 4.74 Å². The van der Waals surface area contributed by atoms with Crippen LogP contribution in [0.3, 0.4) is 0 Å². The summed E-state index contributed by atoms with van der Waals surface area (Å²) in [5.41, 5.74) is 2.97. The Bertz CT molecular complexity index is 760. The Balaban J connectivity index is 1.85. The molecule has 0 unspecified atom stereocenters. The first-order valence-corrected chi connectivity index (χ1v) is 7.11. The Morgan fingerprint density at radius 3 is 2.70 bits per heavy atom. The number of nitrogens with zero attached hydrogens (tertiary/aromatic N) is 2. The van der Waals surface area contributed by atoms with E-state index in [4.69, 9.17) is 4.74 Å². The van der Waals surface area contributed by atoms with Gasteiger partial charge in [-0.1, -0.05) is 0 Å². The van der Waals surface area contributed by atoms with E-state index in [1.54, 1.807) is 18.4 Å². The van der Waals surface area contributed by atoms with Gasteiger partial charge in [-0.05, 0) is 55.0 Å². The summed E-state index contributed by atoms with van der Waals surface area (Å²) in [5, 5.41) is 1.08. The van der Waals surface area contributed by atoms with E-state index in [9.17, 15) is 0 Å². The Morgan fingerprint density at radius 1 is 1.15 bits per heavy atom. The molecular formula is C16H14N2OS. The summed E-state index contributed by atoms with van der Waals surface area (Å²) in [4.78, 5) is 8.97. The lowest BCUT2D eigenvalue weighted by Crippen LogP contribution is -1.84. The normalized spacial score (nSPS) is 11.3. The molecule has 1 aromatic heterocycles. The third-order valence-corrected chi connectivity index (χ3v) is 3.91. The maximum atomic E-state index is 5.13. The highest BCUT2D eigenvalue weighted by Crippen LogP contribution is 2.25. The fraction of sp³-hybridized carbons (Fsp3) is 0.125. The third-order valence-electron chi connectivity index (χ3n) is 2.96. The molecule has 0 radical (unpaired) electrons. The summed E-state index contributed by atoms with van der Waals surface area (Å²) in [6.45, 7) is 2.02. The molecule has 0 aliphatic heterocycles. The molecule has 100 valence electrons. The summed E-state index contributed by atoms with van der Waals surface area (Å²) < 4.78 is 6.33. The summed E-state index contributed by atoms with van der Waals surface area (Å²) >= 11 is 1.70. The highest BCUT2D eigenvalue weighted by molar-refractivity contribution is 7.18. The van der Waals surface area contributed by atoms with Gasteiger partial charge in [0.05, 0.1) is 28.0 Å². The lowest BCUT2D eigenvalue weighted by molar-refractivity contribution is 0.415. The van der Waals surface area contributed by atoms with E-state index in [1.165, 1.54) is 4.70 Å². The van der Waals surface area contributed by atoms with E-state index < -0.39 is 0 Å². The number of rotatable bonds is 3. The van der Waals surface area contributed by atoms with Crippen LogP contribution in [0.2, 0.25) is 0 Å². The number of methoxy groups -OCH3 is 1. The molecule has 0 saturated heterocycles. The molecule has 3 aromatic rings. The Labute approximate surface area is 121 Å².